The van der Waals surface area contributed by atoms with Gasteiger partial charge in [-0.1, -0.05) is 22.6 Å². The summed E-state index contributed by atoms with van der Waals surface area (Å²) in [5, 5.41) is 7.87. The molecule has 0 radical (unpaired) electrons. The van der Waals surface area contributed by atoms with E-state index in [1.807, 2.05) is 26.0 Å². The van der Waals surface area contributed by atoms with Crippen LogP contribution in [0.3, 0.4) is 0 Å². The van der Waals surface area contributed by atoms with Gasteiger partial charge in [0.1, 0.15) is 0 Å². The Kier molecular flexibility index (Phi) is 15.2. The highest BCUT2D eigenvalue weighted by Gasteiger charge is 1.59. The molecule has 0 unspecified atom stereocenters. The molecule has 2 nitrogen and oxygen atoms in total. The standard InChI is InChI=1S/C3H9N.C2H5IO/c1-4(2)3;3-1-2-4/h1-3H3;4H,1-2H2. The van der Waals surface area contributed by atoms with Crippen LogP contribution < -0.4 is 0 Å². The molecule has 0 rings (SSSR count). The van der Waals surface area contributed by atoms with Crippen LogP contribution in [0.2, 0.25) is 0 Å². The highest BCUT2D eigenvalue weighted by atomic mass is 127. The Labute approximate surface area is 65.0 Å². The Balaban J connectivity index is 0. The zero-order chi connectivity index (χ0) is 6.99. The van der Waals surface area contributed by atoms with Gasteiger partial charge in [0.05, 0.1) is 6.61 Å². The fourth-order valence-corrected chi connectivity index (χ4v) is 0. The molecule has 0 bridgehead atoms. The predicted molar refractivity (Wildman–Crippen MR) is 45.6 cm³/mol. The summed E-state index contributed by atoms with van der Waals surface area (Å²) in [5.74, 6) is 0. The minimum Gasteiger partial charge on any atom is -0.396 e. The summed E-state index contributed by atoms with van der Waals surface area (Å²) in [6.07, 6.45) is 0. The van der Waals surface area contributed by atoms with Crippen molar-refractivity contribution in [3.05, 3.63) is 0 Å². The summed E-state index contributed by atoms with van der Waals surface area (Å²) in [6.45, 7) is 0.306. The monoisotopic (exact) mass is 231 g/mol. The van der Waals surface area contributed by atoms with Gasteiger partial charge in [-0.2, -0.15) is 0 Å². The molecule has 0 aliphatic rings. The molecular formula is C5H14INO. The number of nitrogens with zero attached hydrogens (tertiary/aromatic N) is 1. The zero-order valence-corrected chi connectivity index (χ0v) is 7.84. The Morgan fingerprint density at radius 1 is 1.38 bits per heavy atom. The fourth-order valence-electron chi connectivity index (χ4n) is 0. The van der Waals surface area contributed by atoms with Crippen LogP contribution in [0.5, 0.6) is 0 Å². The van der Waals surface area contributed by atoms with E-state index in [0.717, 1.165) is 4.43 Å². The first-order valence-corrected chi connectivity index (χ1v) is 3.95. The molecule has 0 saturated heterocycles. The van der Waals surface area contributed by atoms with Crippen molar-refractivity contribution in [1.82, 2.24) is 4.90 Å². The summed E-state index contributed by atoms with van der Waals surface area (Å²) in [4.78, 5) is 2.00. The van der Waals surface area contributed by atoms with Crippen molar-refractivity contribution in [3.8, 4) is 0 Å². The highest BCUT2D eigenvalue weighted by molar-refractivity contribution is 14.1. The van der Waals surface area contributed by atoms with Crippen LogP contribution in [0.4, 0.5) is 0 Å². The molecule has 0 aliphatic heterocycles. The van der Waals surface area contributed by atoms with Gasteiger partial charge >= 0.3 is 0 Å². The maximum Gasteiger partial charge on any atom is 0.0520 e. The average molecular weight is 231 g/mol. The van der Waals surface area contributed by atoms with Crippen molar-refractivity contribution in [2.45, 2.75) is 0 Å². The van der Waals surface area contributed by atoms with Crippen LogP contribution >= 0.6 is 22.6 Å². The Hall–Kier alpha value is 0.650. The van der Waals surface area contributed by atoms with Gasteiger partial charge < -0.3 is 10.0 Å². The molecule has 0 heterocycles. The SMILES string of the molecule is CN(C)C.OCCI. The number of hydrogen-bond donors (Lipinski definition) is 1. The van der Waals surface area contributed by atoms with Crippen LogP contribution in [0.1, 0.15) is 0 Å². The van der Waals surface area contributed by atoms with Gasteiger partial charge in [0.2, 0.25) is 0 Å². The summed E-state index contributed by atoms with van der Waals surface area (Å²) in [7, 11) is 6.00. The number of alkyl halides is 1. The van der Waals surface area contributed by atoms with Gasteiger partial charge in [-0.3, -0.25) is 0 Å². The summed E-state index contributed by atoms with van der Waals surface area (Å²) >= 11 is 2.10. The quantitative estimate of drug-likeness (QED) is 0.527. The molecular weight excluding hydrogens is 217 g/mol. The van der Waals surface area contributed by atoms with Crippen molar-refractivity contribution in [2.24, 2.45) is 0 Å². The predicted octanol–water partition coefficient (Wildman–Crippen LogP) is 0.591. The third-order valence-electron chi connectivity index (χ3n) is 0.0845. The molecule has 0 atom stereocenters. The summed E-state index contributed by atoms with van der Waals surface area (Å²) < 4.78 is 0.845. The van der Waals surface area contributed by atoms with E-state index >= 15 is 0 Å². The van der Waals surface area contributed by atoms with E-state index in [9.17, 15) is 0 Å². The lowest BCUT2D eigenvalue weighted by atomic mass is 10.9. The molecule has 0 aromatic carbocycles. The van der Waals surface area contributed by atoms with Crippen LogP contribution in [0.15, 0.2) is 0 Å². The van der Waals surface area contributed by atoms with E-state index in [-0.39, 0.29) is 0 Å². The normalized spacial score (nSPS) is 8.25. The number of rotatable bonds is 1. The zero-order valence-electron chi connectivity index (χ0n) is 5.69. The first kappa shape index (κ1) is 11.4. The molecule has 0 aliphatic carbocycles. The van der Waals surface area contributed by atoms with Crippen molar-refractivity contribution in [1.29, 1.82) is 0 Å². The Morgan fingerprint density at radius 2 is 1.50 bits per heavy atom. The van der Waals surface area contributed by atoms with Crippen LogP contribution in [0.25, 0.3) is 0 Å². The Morgan fingerprint density at radius 3 is 1.50 bits per heavy atom. The number of aliphatic hydroxyl groups excluding tert-OH is 1. The second kappa shape index (κ2) is 10.6. The van der Waals surface area contributed by atoms with Gasteiger partial charge in [0, 0.05) is 4.43 Å². The molecule has 8 heavy (non-hydrogen) atoms. The van der Waals surface area contributed by atoms with E-state index in [2.05, 4.69) is 22.6 Å². The van der Waals surface area contributed by atoms with Crippen molar-refractivity contribution < 1.29 is 5.11 Å². The van der Waals surface area contributed by atoms with Crippen LogP contribution in [0, 0.1) is 0 Å². The molecule has 3 heteroatoms. The lowest BCUT2D eigenvalue weighted by Gasteiger charge is -1.90. The third kappa shape index (κ3) is 78.0. The van der Waals surface area contributed by atoms with Crippen molar-refractivity contribution >= 4 is 22.6 Å². The smallest absolute Gasteiger partial charge is 0.0520 e. The topological polar surface area (TPSA) is 23.5 Å². The van der Waals surface area contributed by atoms with E-state index in [4.69, 9.17) is 5.11 Å². The summed E-state index contributed by atoms with van der Waals surface area (Å²) in [5.41, 5.74) is 0. The Bertz CT molecular complexity index is 28.9. The minimum atomic E-state index is 0.306. The molecule has 1 N–H and O–H groups in total. The van der Waals surface area contributed by atoms with Crippen LogP contribution in [-0.2, 0) is 0 Å². The van der Waals surface area contributed by atoms with E-state index in [1.54, 1.807) is 0 Å². The van der Waals surface area contributed by atoms with Crippen molar-refractivity contribution in [3.63, 3.8) is 0 Å². The largest absolute Gasteiger partial charge is 0.396 e. The van der Waals surface area contributed by atoms with E-state index in [1.165, 1.54) is 0 Å². The highest BCUT2D eigenvalue weighted by Crippen LogP contribution is 1.71. The molecule has 0 aromatic heterocycles. The first-order chi connectivity index (χ1) is 3.65. The average Bonchev–Trinajstić information content (AvgIpc) is 1.65. The summed E-state index contributed by atoms with van der Waals surface area (Å²) in [6, 6.07) is 0. The van der Waals surface area contributed by atoms with Gasteiger partial charge in [-0.15, -0.1) is 0 Å². The second-order valence-electron chi connectivity index (χ2n) is 1.75. The van der Waals surface area contributed by atoms with Gasteiger partial charge in [-0.25, -0.2) is 0 Å². The van der Waals surface area contributed by atoms with Crippen molar-refractivity contribution in [2.75, 3.05) is 32.2 Å². The van der Waals surface area contributed by atoms with Gasteiger partial charge in [0.15, 0.2) is 0 Å². The molecule has 52 valence electrons. The maximum atomic E-state index is 7.87. The molecule has 0 amide bonds. The molecule has 0 fully saturated rings. The lowest BCUT2D eigenvalue weighted by Crippen LogP contribution is -1.99. The van der Waals surface area contributed by atoms with Crippen LogP contribution in [-0.4, -0.2) is 42.2 Å². The second-order valence-corrected chi connectivity index (χ2v) is 2.83. The number of aliphatic hydroxyl groups is 1. The lowest BCUT2D eigenvalue weighted by molar-refractivity contribution is 0.325. The molecule has 0 saturated carbocycles. The minimum absolute atomic E-state index is 0.306. The van der Waals surface area contributed by atoms with Gasteiger partial charge in [0.25, 0.3) is 0 Å². The van der Waals surface area contributed by atoms with E-state index in [0.29, 0.717) is 6.61 Å². The maximum absolute atomic E-state index is 7.87. The fraction of sp³-hybridized carbons (Fsp3) is 1.00. The molecule has 0 aromatic rings. The number of halogens is 1. The first-order valence-electron chi connectivity index (χ1n) is 2.43. The third-order valence-corrected chi connectivity index (χ3v) is 0.567. The van der Waals surface area contributed by atoms with Gasteiger partial charge in [-0.05, 0) is 21.1 Å². The van der Waals surface area contributed by atoms with E-state index < -0.39 is 0 Å². The molecule has 0 spiro atoms. The number of hydrogen-bond acceptors (Lipinski definition) is 2.